The van der Waals surface area contributed by atoms with Gasteiger partial charge >= 0.3 is 0 Å². The Labute approximate surface area is 285 Å². The van der Waals surface area contributed by atoms with Crippen molar-refractivity contribution < 1.29 is 4.42 Å². The number of nitrogens with zero attached hydrogens (tertiary/aromatic N) is 13. The molecule has 0 bridgehead atoms. The van der Waals surface area contributed by atoms with Gasteiger partial charge in [0.25, 0.3) is 0 Å². The van der Waals surface area contributed by atoms with E-state index in [0.29, 0.717) is 29.8 Å². The van der Waals surface area contributed by atoms with E-state index in [4.69, 9.17) is 4.42 Å². The monoisotopic (exact) mass is 671 g/mol. The number of aromatic nitrogens is 13. The average molecular weight is 672 g/mol. The lowest BCUT2D eigenvalue weighted by atomic mass is 10.0. The predicted molar refractivity (Wildman–Crippen MR) is 187 cm³/mol. The Hall–Kier alpha value is -3.88. The Bertz CT molecular complexity index is 1380. The fraction of sp³-hybridized carbons (Fsp3) is 0.688. The summed E-state index contributed by atoms with van der Waals surface area (Å²) in [5.74, 6) is 6.26. The maximum absolute atomic E-state index is 5.11. The molecule has 47 heavy (non-hydrogen) atoms. The highest BCUT2D eigenvalue weighted by Crippen LogP contribution is 2.25. The van der Waals surface area contributed by atoms with Crippen LogP contribution < -0.4 is 0 Å². The first-order chi connectivity index (χ1) is 21.9. The molecule has 0 aromatic carbocycles. The van der Waals surface area contributed by atoms with Crippen molar-refractivity contribution in [3.8, 4) is 0 Å². The van der Waals surface area contributed by atoms with Gasteiger partial charge in [0, 0.05) is 29.8 Å². The maximum Gasteiger partial charge on any atom is 0.181 e. The van der Waals surface area contributed by atoms with E-state index in [1.54, 1.807) is 20.9 Å². The van der Waals surface area contributed by atoms with Crippen LogP contribution in [0.3, 0.4) is 0 Å². The van der Waals surface area contributed by atoms with Crippen LogP contribution in [-0.4, -0.2) is 64.5 Å². The summed E-state index contributed by atoms with van der Waals surface area (Å²) in [6.07, 6.45) is 1.49. The van der Waals surface area contributed by atoms with Gasteiger partial charge in [-0.15, -0.1) is 20.4 Å². The van der Waals surface area contributed by atoms with Crippen molar-refractivity contribution in [1.29, 1.82) is 0 Å². The molecule has 0 unspecified atom stereocenters. The van der Waals surface area contributed by atoms with Gasteiger partial charge in [-0.05, 0) is 113 Å². The zero-order chi connectivity index (χ0) is 36.0. The van der Waals surface area contributed by atoms with Gasteiger partial charge in [-0.2, -0.15) is 4.37 Å². The molecule has 0 N–H and O–H groups in total. The third kappa shape index (κ3) is 13.0. The molecule has 5 aromatic heterocycles. The summed E-state index contributed by atoms with van der Waals surface area (Å²) in [4.78, 5) is 5.34. The number of rotatable bonds is 5. The molecule has 0 atom stereocenters. The topological polar surface area (TPSA) is 157 Å². The van der Waals surface area contributed by atoms with E-state index in [1.165, 1.54) is 22.5 Å². The third-order valence-electron chi connectivity index (χ3n) is 6.84. The fourth-order valence-electron chi connectivity index (χ4n) is 4.84. The van der Waals surface area contributed by atoms with Crippen LogP contribution in [0.1, 0.15) is 150 Å². The van der Waals surface area contributed by atoms with E-state index >= 15 is 0 Å². The summed E-state index contributed by atoms with van der Waals surface area (Å²) in [5, 5.41) is 29.9. The number of tetrazole rings is 2. The highest BCUT2D eigenvalue weighted by Gasteiger charge is 2.10. The van der Waals surface area contributed by atoms with Crippen LogP contribution in [0.2, 0.25) is 0 Å². The molecular weight excluding hydrogens is 615 g/mol. The van der Waals surface area contributed by atoms with Gasteiger partial charge < -0.3 is 8.98 Å². The summed E-state index contributed by atoms with van der Waals surface area (Å²) in [6, 6.07) is 0.829. The summed E-state index contributed by atoms with van der Waals surface area (Å²) >= 11 is 1.61. The van der Waals surface area contributed by atoms with Crippen LogP contribution in [0.25, 0.3) is 0 Å². The highest BCUT2D eigenvalue weighted by molar-refractivity contribution is 7.05. The van der Waals surface area contributed by atoms with Crippen molar-refractivity contribution in [3.05, 3.63) is 57.3 Å². The lowest BCUT2D eigenvalue weighted by Crippen LogP contribution is -2.04. The molecule has 0 saturated carbocycles. The first-order valence-corrected chi connectivity index (χ1v) is 16.8. The van der Waals surface area contributed by atoms with E-state index < -0.39 is 0 Å². The van der Waals surface area contributed by atoms with Gasteiger partial charge in [0.15, 0.2) is 12.2 Å². The molecule has 0 fully saturated rings. The first kappa shape index (κ1) is 41.1. The van der Waals surface area contributed by atoms with E-state index in [2.05, 4.69) is 124 Å². The Balaban J connectivity index is 0.000000294. The normalized spacial score (nSPS) is 10.8. The molecule has 5 rings (SSSR count). The molecule has 0 aliphatic heterocycles. The molecular formula is C32H57N13OS. The minimum Gasteiger partial charge on any atom is -0.448 e. The van der Waals surface area contributed by atoms with Crippen molar-refractivity contribution in [2.24, 2.45) is 7.05 Å². The summed E-state index contributed by atoms with van der Waals surface area (Å²) in [7, 11) is 1.84. The lowest BCUT2D eigenvalue weighted by molar-refractivity contribution is 0.480. The first-order valence-electron chi connectivity index (χ1n) is 16.1. The molecule has 0 aliphatic carbocycles. The number of hydrogen-bond acceptors (Lipinski definition) is 12. The van der Waals surface area contributed by atoms with Crippen LogP contribution >= 0.6 is 11.5 Å². The molecule has 0 spiro atoms. The molecule has 0 radical (unpaired) electrons. The second-order valence-corrected chi connectivity index (χ2v) is 13.7. The molecule has 0 amide bonds. The van der Waals surface area contributed by atoms with Crippen molar-refractivity contribution in [2.45, 2.75) is 141 Å². The summed E-state index contributed by atoms with van der Waals surface area (Å²) < 4.78 is 15.0. The average Bonchev–Trinajstić information content (AvgIpc) is 3.80. The Morgan fingerprint density at radius 1 is 0.638 bits per heavy atom. The number of oxazole rings is 1. The molecule has 0 saturated heterocycles. The Kier molecular flexibility index (Phi) is 17.2. The van der Waals surface area contributed by atoms with Crippen LogP contribution in [0.15, 0.2) is 10.8 Å². The van der Waals surface area contributed by atoms with Crippen molar-refractivity contribution in [3.63, 3.8) is 0 Å². The molecule has 5 heterocycles. The molecule has 262 valence electrons. The van der Waals surface area contributed by atoms with Gasteiger partial charge in [-0.3, -0.25) is 0 Å². The van der Waals surface area contributed by atoms with Crippen LogP contribution in [0.4, 0.5) is 0 Å². The largest absolute Gasteiger partial charge is 0.448 e. The smallest absolute Gasteiger partial charge is 0.181 e. The van der Waals surface area contributed by atoms with Crippen LogP contribution in [0.5, 0.6) is 0 Å². The van der Waals surface area contributed by atoms with E-state index in [9.17, 15) is 0 Å². The quantitative estimate of drug-likeness (QED) is 0.184. The van der Waals surface area contributed by atoms with Gasteiger partial charge in [0.2, 0.25) is 0 Å². The zero-order valence-electron chi connectivity index (χ0n) is 31.6. The van der Waals surface area contributed by atoms with Gasteiger partial charge in [0.05, 0.1) is 17.4 Å². The molecule has 0 aliphatic rings. The van der Waals surface area contributed by atoms with Gasteiger partial charge in [-0.1, -0.05) is 41.5 Å². The van der Waals surface area contributed by atoms with Gasteiger partial charge in [-0.25, -0.2) is 14.3 Å². The third-order valence-corrected chi connectivity index (χ3v) is 7.70. The molecule has 15 heteroatoms. The zero-order valence-corrected chi connectivity index (χ0v) is 32.4. The maximum atomic E-state index is 5.11. The van der Waals surface area contributed by atoms with E-state index in [0.717, 1.165) is 34.8 Å². The van der Waals surface area contributed by atoms with Crippen molar-refractivity contribution in [1.82, 2.24) is 64.5 Å². The summed E-state index contributed by atoms with van der Waals surface area (Å²) in [5.41, 5.74) is 3.65. The minimum absolute atomic E-state index is 0.361. The van der Waals surface area contributed by atoms with Crippen LogP contribution in [-0.2, 0) is 7.05 Å². The second-order valence-electron chi connectivity index (χ2n) is 12.7. The van der Waals surface area contributed by atoms with Crippen molar-refractivity contribution >= 4 is 11.5 Å². The lowest BCUT2D eigenvalue weighted by Gasteiger charge is -2.08. The number of aryl methyl sites for hydroxylation is 7. The van der Waals surface area contributed by atoms with E-state index in [-0.39, 0.29) is 0 Å². The highest BCUT2D eigenvalue weighted by atomic mass is 32.1. The van der Waals surface area contributed by atoms with Gasteiger partial charge in [0.1, 0.15) is 23.2 Å². The SMILES string of the molecule is CC(C)c1nnnn1C.Cc1ncoc1C(C)C.Cc1nnc(C)n1C(C)C.Cc1nnnn1C(C)C.Cc1nsc(C)c1C(C)C. The van der Waals surface area contributed by atoms with E-state index in [1.807, 2.05) is 48.6 Å². The predicted octanol–water partition coefficient (Wildman–Crippen LogP) is 7.36. The second kappa shape index (κ2) is 19.7. The standard InChI is InChI=1S/C8H13NS.C7H13N3.C7H11NO.2C5H10N4/c1-5(2)8-6(3)9-10-7(8)4;1-5(2)10-6(3)8-9-7(10)4;1-5(2)7-6(3)8-4-9-7;1-4(2)5-6-7-8-9(5)3;1-4(2)9-5(3)6-7-8-9/h2*5H,1-4H3;4-5H,1-3H3;2*4H,1-3H3. The molecule has 5 aromatic rings. The number of hydrogen-bond donors (Lipinski definition) is 0. The van der Waals surface area contributed by atoms with Crippen molar-refractivity contribution in [2.75, 3.05) is 0 Å². The van der Waals surface area contributed by atoms with Crippen LogP contribution in [0, 0.1) is 41.5 Å². The fourth-order valence-corrected chi connectivity index (χ4v) is 5.70. The Morgan fingerprint density at radius 2 is 1.21 bits per heavy atom. The minimum atomic E-state index is 0.361. The summed E-state index contributed by atoms with van der Waals surface area (Å²) in [6.45, 7) is 33.1. The molecule has 14 nitrogen and oxygen atoms in total. The Morgan fingerprint density at radius 3 is 1.43 bits per heavy atom.